The van der Waals surface area contributed by atoms with Crippen molar-refractivity contribution < 1.29 is 14.0 Å². The minimum Gasteiger partial charge on any atom is -0.368 e. The molecule has 2 aromatic carbocycles. The predicted octanol–water partition coefficient (Wildman–Crippen LogP) is 1.70. The molecule has 0 unspecified atom stereocenters. The van der Waals surface area contributed by atoms with E-state index < -0.39 is 18.0 Å². The van der Waals surface area contributed by atoms with E-state index in [-0.39, 0.29) is 24.6 Å². The van der Waals surface area contributed by atoms with Crippen LogP contribution in [0, 0.1) is 5.82 Å². The normalized spacial score (nSPS) is 17.5. The molecule has 4 N–H and O–H groups in total. The molecule has 2 aromatic rings. The van der Waals surface area contributed by atoms with Crippen LogP contribution in [0.15, 0.2) is 48.5 Å². The molecular formula is C20H22FN3O2. The summed E-state index contributed by atoms with van der Waals surface area (Å²) in [6, 6.07) is 12.5. The fourth-order valence-electron chi connectivity index (χ4n) is 3.50. The first-order valence-corrected chi connectivity index (χ1v) is 8.63. The third-order valence-electron chi connectivity index (χ3n) is 4.75. The molecular weight excluding hydrogens is 333 g/mol. The third-order valence-corrected chi connectivity index (χ3v) is 4.75. The monoisotopic (exact) mass is 355 g/mol. The molecule has 0 spiro atoms. The van der Waals surface area contributed by atoms with E-state index in [1.54, 1.807) is 18.2 Å². The van der Waals surface area contributed by atoms with Crippen LogP contribution in [-0.2, 0) is 22.4 Å². The molecule has 6 heteroatoms. The van der Waals surface area contributed by atoms with E-state index >= 15 is 0 Å². The summed E-state index contributed by atoms with van der Waals surface area (Å²) in [4.78, 5) is 26.2. The first-order chi connectivity index (χ1) is 12.5. The zero-order valence-electron chi connectivity index (χ0n) is 14.4. The van der Waals surface area contributed by atoms with E-state index in [9.17, 15) is 14.0 Å². The summed E-state index contributed by atoms with van der Waals surface area (Å²) in [7, 11) is 0. The van der Waals surface area contributed by atoms with Crippen molar-refractivity contribution in [1.82, 2.24) is 4.90 Å². The van der Waals surface area contributed by atoms with Crippen LogP contribution >= 0.6 is 0 Å². The van der Waals surface area contributed by atoms with Crippen LogP contribution in [0.4, 0.5) is 4.39 Å². The zero-order valence-corrected chi connectivity index (χ0v) is 14.4. The number of fused-ring (bicyclic) bond motifs is 1. The molecule has 0 saturated carbocycles. The molecule has 5 nitrogen and oxygen atoms in total. The average molecular weight is 355 g/mol. The number of benzene rings is 2. The fraction of sp³-hybridized carbons (Fsp3) is 0.300. The highest BCUT2D eigenvalue weighted by Gasteiger charge is 2.34. The van der Waals surface area contributed by atoms with Crippen molar-refractivity contribution in [3.8, 4) is 0 Å². The van der Waals surface area contributed by atoms with Gasteiger partial charge in [-0.15, -0.1) is 0 Å². The molecule has 26 heavy (non-hydrogen) atoms. The van der Waals surface area contributed by atoms with E-state index in [0.717, 1.165) is 11.1 Å². The lowest BCUT2D eigenvalue weighted by atomic mass is 9.91. The molecule has 1 heterocycles. The minimum absolute atomic E-state index is 0.0281. The Morgan fingerprint density at radius 1 is 1.15 bits per heavy atom. The molecule has 2 atom stereocenters. The van der Waals surface area contributed by atoms with Gasteiger partial charge in [-0.05, 0) is 35.6 Å². The quantitative estimate of drug-likeness (QED) is 0.855. The molecule has 0 aliphatic carbocycles. The van der Waals surface area contributed by atoms with Gasteiger partial charge in [0.15, 0.2) is 0 Å². The van der Waals surface area contributed by atoms with Gasteiger partial charge in [0, 0.05) is 19.0 Å². The van der Waals surface area contributed by atoms with Crippen molar-refractivity contribution in [2.24, 2.45) is 11.5 Å². The van der Waals surface area contributed by atoms with Gasteiger partial charge in [-0.25, -0.2) is 4.39 Å². The van der Waals surface area contributed by atoms with Crippen molar-refractivity contribution in [1.29, 1.82) is 0 Å². The molecule has 2 amide bonds. The summed E-state index contributed by atoms with van der Waals surface area (Å²) in [5.74, 6) is -1.14. The lowest BCUT2D eigenvalue weighted by Crippen LogP contribution is -2.47. The standard InChI is InChI=1S/C20H22FN3O2/c21-17-8-4-2-6-14(17)11-15(22)12-18(25)24-10-9-13-5-1-3-7-16(13)19(24)20(23)26/h1-8,15,19H,9-12,22H2,(H2,23,26)/t15-,19+/m1/s1. The molecule has 1 aliphatic rings. The maximum atomic E-state index is 13.8. The van der Waals surface area contributed by atoms with E-state index in [1.165, 1.54) is 11.0 Å². The number of primary amides is 1. The number of hydrogen-bond acceptors (Lipinski definition) is 3. The molecule has 0 fully saturated rings. The van der Waals surface area contributed by atoms with Crippen LogP contribution in [0.1, 0.15) is 29.2 Å². The van der Waals surface area contributed by atoms with Gasteiger partial charge in [-0.3, -0.25) is 9.59 Å². The van der Waals surface area contributed by atoms with Crippen LogP contribution in [0.25, 0.3) is 0 Å². The molecule has 3 rings (SSSR count). The van der Waals surface area contributed by atoms with E-state index in [0.29, 0.717) is 18.5 Å². The number of carbonyl (C=O) groups is 2. The second-order valence-electron chi connectivity index (χ2n) is 6.60. The Balaban J connectivity index is 1.73. The van der Waals surface area contributed by atoms with Crippen molar-refractivity contribution >= 4 is 11.8 Å². The summed E-state index contributed by atoms with van der Waals surface area (Å²) < 4.78 is 13.8. The summed E-state index contributed by atoms with van der Waals surface area (Å²) >= 11 is 0. The number of halogens is 1. The predicted molar refractivity (Wildman–Crippen MR) is 96.5 cm³/mol. The van der Waals surface area contributed by atoms with Gasteiger partial charge < -0.3 is 16.4 Å². The lowest BCUT2D eigenvalue weighted by molar-refractivity contribution is -0.140. The van der Waals surface area contributed by atoms with Gasteiger partial charge in [0.2, 0.25) is 11.8 Å². The number of hydrogen-bond donors (Lipinski definition) is 2. The maximum absolute atomic E-state index is 13.8. The van der Waals surface area contributed by atoms with Gasteiger partial charge >= 0.3 is 0 Å². The van der Waals surface area contributed by atoms with Crippen molar-refractivity contribution in [3.63, 3.8) is 0 Å². The SMILES string of the molecule is NC(=O)[C@@H]1c2ccccc2CCN1C(=O)C[C@H](N)Cc1ccccc1F. The molecule has 0 radical (unpaired) electrons. The largest absolute Gasteiger partial charge is 0.368 e. The summed E-state index contributed by atoms with van der Waals surface area (Å²) in [5.41, 5.74) is 13.9. The number of nitrogens with zero attached hydrogens (tertiary/aromatic N) is 1. The minimum atomic E-state index is -0.784. The van der Waals surface area contributed by atoms with Gasteiger partial charge in [0.1, 0.15) is 11.9 Å². The van der Waals surface area contributed by atoms with Crippen LogP contribution in [0.3, 0.4) is 0 Å². The molecule has 1 aliphatic heterocycles. The highest BCUT2D eigenvalue weighted by atomic mass is 19.1. The summed E-state index contributed by atoms with van der Waals surface area (Å²) in [5, 5.41) is 0. The Morgan fingerprint density at radius 3 is 2.58 bits per heavy atom. The number of carbonyl (C=O) groups excluding carboxylic acids is 2. The van der Waals surface area contributed by atoms with Crippen molar-refractivity contribution in [2.45, 2.75) is 31.3 Å². The smallest absolute Gasteiger partial charge is 0.244 e. The first kappa shape index (κ1) is 18.1. The van der Waals surface area contributed by atoms with Gasteiger partial charge in [-0.1, -0.05) is 42.5 Å². The lowest BCUT2D eigenvalue weighted by Gasteiger charge is -2.36. The van der Waals surface area contributed by atoms with Crippen LogP contribution in [0.2, 0.25) is 0 Å². The second-order valence-corrected chi connectivity index (χ2v) is 6.60. The fourth-order valence-corrected chi connectivity index (χ4v) is 3.50. The Morgan fingerprint density at radius 2 is 1.85 bits per heavy atom. The van der Waals surface area contributed by atoms with E-state index in [2.05, 4.69) is 0 Å². The van der Waals surface area contributed by atoms with E-state index in [4.69, 9.17) is 11.5 Å². The Labute approximate surface area is 151 Å². The number of amides is 2. The molecule has 0 aromatic heterocycles. The van der Waals surface area contributed by atoms with Crippen molar-refractivity contribution in [3.05, 3.63) is 71.0 Å². The topological polar surface area (TPSA) is 89.4 Å². The maximum Gasteiger partial charge on any atom is 0.244 e. The summed E-state index contributed by atoms with van der Waals surface area (Å²) in [6.07, 6.45) is 0.943. The average Bonchev–Trinajstić information content (AvgIpc) is 2.62. The summed E-state index contributed by atoms with van der Waals surface area (Å²) in [6.45, 7) is 0.413. The number of rotatable bonds is 5. The van der Waals surface area contributed by atoms with Crippen molar-refractivity contribution in [2.75, 3.05) is 6.54 Å². The molecule has 0 bridgehead atoms. The van der Waals surface area contributed by atoms with Crippen LogP contribution in [-0.4, -0.2) is 29.3 Å². The van der Waals surface area contributed by atoms with Crippen LogP contribution < -0.4 is 11.5 Å². The highest BCUT2D eigenvalue weighted by Crippen LogP contribution is 2.30. The highest BCUT2D eigenvalue weighted by molar-refractivity contribution is 5.88. The van der Waals surface area contributed by atoms with Gasteiger partial charge in [0.25, 0.3) is 0 Å². The Kier molecular flexibility index (Phi) is 5.32. The number of nitrogens with two attached hydrogens (primary N) is 2. The first-order valence-electron chi connectivity index (χ1n) is 8.63. The second kappa shape index (κ2) is 7.66. The third kappa shape index (κ3) is 3.75. The van der Waals surface area contributed by atoms with Gasteiger partial charge in [-0.2, -0.15) is 0 Å². The van der Waals surface area contributed by atoms with Crippen LogP contribution in [0.5, 0.6) is 0 Å². The Bertz CT molecular complexity index is 824. The molecule has 136 valence electrons. The molecule has 0 saturated heterocycles. The Hall–Kier alpha value is -2.73. The van der Waals surface area contributed by atoms with Gasteiger partial charge in [0.05, 0.1) is 0 Å². The zero-order chi connectivity index (χ0) is 18.7. The van der Waals surface area contributed by atoms with E-state index in [1.807, 2.05) is 24.3 Å².